The lowest BCUT2D eigenvalue weighted by Gasteiger charge is -2.27. The van der Waals surface area contributed by atoms with Crippen LogP contribution in [-0.2, 0) is 17.8 Å². The summed E-state index contributed by atoms with van der Waals surface area (Å²) in [5.74, 6) is 0.0133. The molecule has 0 saturated heterocycles. The van der Waals surface area contributed by atoms with Crippen molar-refractivity contribution < 1.29 is 9.59 Å². The topological polar surface area (TPSA) is 49.4 Å². The van der Waals surface area contributed by atoms with Crippen LogP contribution in [0.3, 0.4) is 0 Å². The van der Waals surface area contributed by atoms with Crippen molar-refractivity contribution in [1.82, 2.24) is 10.2 Å². The van der Waals surface area contributed by atoms with Gasteiger partial charge in [-0.05, 0) is 35.6 Å². The summed E-state index contributed by atoms with van der Waals surface area (Å²) >= 11 is 5.01. The fourth-order valence-corrected chi connectivity index (χ4v) is 6.93. The number of carbonyl (C=O) groups excluding carboxylic acids is 2. The molecular formula is C21H18N2O2S3. The zero-order valence-corrected chi connectivity index (χ0v) is 17.5. The predicted molar refractivity (Wildman–Crippen MR) is 118 cm³/mol. The highest BCUT2D eigenvalue weighted by Crippen LogP contribution is 2.39. The molecule has 5 rings (SSSR count). The minimum atomic E-state index is -0.0935. The van der Waals surface area contributed by atoms with Gasteiger partial charge in [-0.3, -0.25) is 9.59 Å². The Hall–Kier alpha value is -2.22. The molecule has 0 fully saturated rings. The SMILES string of the molecule is O=C(NCCC(=O)N1CCc2sccc2C1)c1cc2sc3ccccc3c2s1. The van der Waals surface area contributed by atoms with Crippen LogP contribution < -0.4 is 5.32 Å². The molecule has 1 aliphatic heterocycles. The van der Waals surface area contributed by atoms with E-state index in [-0.39, 0.29) is 11.8 Å². The summed E-state index contributed by atoms with van der Waals surface area (Å²) in [6, 6.07) is 12.3. The maximum absolute atomic E-state index is 12.5. The van der Waals surface area contributed by atoms with Gasteiger partial charge in [-0.2, -0.15) is 0 Å². The van der Waals surface area contributed by atoms with Crippen LogP contribution in [0.25, 0.3) is 19.5 Å². The molecule has 2 amide bonds. The maximum atomic E-state index is 12.5. The summed E-state index contributed by atoms with van der Waals surface area (Å²) in [5, 5.41) is 6.21. The molecular weight excluding hydrogens is 408 g/mol. The molecule has 0 unspecified atom stereocenters. The lowest BCUT2D eigenvalue weighted by Crippen LogP contribution is -2.37. The number of hydrogen-bond donors (Lipinski definition) is 1. The summed E-state index contributed by atoms with van der Waals surface area (Å²) < 4.78 is 3.56. The third-order valence-corrected chi connectivity index (χ3v) is 8.50. The molecule has 0 atom stereocenters. The van der Waals surface area contributed by atoms with Gasteiger partial charge < -0.3 is 10.2 Å². The number of thiophene rings is 3. The van der Waals surface area contributed by atoms with Crippen molar-refractivity contribution in [2.75, 3.05) is 13.1 Å². The van der Waals surface area contributed by atoms with Gasteiger partial charge in [0.05, 0.1) is 9.58 Å². The van der Waals surface area contributed by atoms with Crippen molar-refractivity contribution in [3.05, 3.63) is 57.1 Å². The first-order chi connectivity index (χ1) is 13.7. The van der Waals surface area contributed by atoms with Gasteiger partial charge in [-0.15, -0.1) is 34.0 Å². The van der Waals surface area contributed by atoms with E-state index in [1.807, 2.05) is 23.1 Å². The molecule has 1 aliphatic rings. The van der Waals surface area contributed by atoms with E-state index < -0.39 is 0 Å². The van der Waals surface area contributed by atoms with E-state index in [0.717, 1.165) is 17.7 Å². The van der Waals surface area contributed by atoms with Gasteiger partial charge >= 0.3 is 0 Å². The lowest BCUT2D eigenvalue weighted by molar-refractivity contribution is -0.131. The van der Waals surface area contributed by atoms with Gasteiger partial charge in [0.2, 0.25) is 5.91 Å². The van der Waals surface area contributed by atoms with Gasteiger partial charge in [0.25, 0.3) is 5.91 Å². The molecule has 0 saturated carbocycles. The summed E-state index contributed by atoms with van der Waals surface area (Å²) in [7, 11) is 0. The Balaban J connectivity index is 1.19. The molecule has 3 aromatic heterocycles. The molecule has 4 heterocycles. The monoisotopic (exact) mass is 426 g/mol. The molecule has 4 aromatic rings. The highest BCUT2D eigenvalue weighted by Gasteiger charge is 2.21. The van der Waals surface area contributed by atoms with Crippen LogP contribution in [0.4, 0.5) is 0 Å². The molecule has 0 spiro atoms. The van der Waals surface area contributed by atoms with Crippen LogP contribution in [0.1, 0.15) is 26.5 Å². The second-order valence-electron chi connectivity index (χ2n) is 6.84. The number of carbonyl (C=O) groups is 2. The predicted octanol–water partition coefficient (Wildman–Crippen LogP) is 4.88. The molecule has 28 heavy (non-hydrogen) atoms. The summed E-state index contributed by atoms with van der Waals surface area (Å²) in [5.41, 5.74) is 1.26. The van der Waals surface area contributed by atoms with Crippen molar-refractivity contribution in [1.29, 1.82) is 0 Å². The molecule has 142 valence electrons. The molecule has 0 bridgehead atoms. The Morgan fingerprint density at radius 2 is 2.00 bits per heavy atom. The average Bonchev–Trinajstić information content (AvgIpc) is 3.41. The zero-order valence-electron chi connectivity index (χ0n) is 15.1. The normalized spacial score (nSPS) is 13.8. The highest BCUT2D eigenvalue weighted by molar-refractivity contribution is 7.33. The first kappa shape index (κ1) is 17.8. The number of fused-ring (bicyclic) bond motifs is 4. The van der Waals surface area contributed by atoms with Gasteiger partial charge in [0, 0.05) is 45.7 Å². The second kappa shape index (κ2) is 7.31. The maximum Gasteiger partial charge on any atom is 0.261 e. The summed E-state index contributed by atoms with van der Waals surface area (Å²) in [4.78, 5) is 29.0. The molecule has 0 aliphatic carbocycles. The minimum Gasteiger partial charge on any atom is -0.351 e. The first-order valence-corrected chi connectivity index (χ1v) is 11.7. The lowest BCUT2D eigenvalue weighted by atomic mass is 10.1. The van der Waals surface area contributed by atoms with E-state index in [9.17, 15) is 9.59 Å². The largest absolute Gasteiger partial charge is 0.351 e. The van der Waals surface area contributed by atoms with Crippen LogP contribution in [0.5, 0.6) is 0 Å². The first-order valence-electron chi connectivity index (χ1n) is 9.21. The Morgan fingerprint density at radius 3 is 2.93 bits per heavy atom. The van der Waals surface area contributed by atoms with Gasteiger partial charge in [0.1, 0.15) is 0 Å². The van der Waals surface area contributed by atoms with Gasteiger partial charge in [-0.25, -0.2) is 0 Å². The Labute approximate surface area is 174 Å². The van der Waals surface area contributed by atoms with E-state index in [1.54, 1.807) is 22.7 Å². The van der Waals surface area contributed by atoms with E-state index in [0.29, 0.717) is 24.4 Å². The van der Waals surface area contributed by atoms with Crippen molar-refractivity contribution >= 4 is 65.3 Å². The standard InChI is InChI=1S/C21H18N2O2S3/c24-19(23-9-6-15-13(12-23)7-10-26-15)5-8-22-21(25)18-11-17-20(28-18)14-3-1-2-4-16(14)27-17/h1-4,7,10-11H,5-6,8-9,12H2,(H,22,25). The highest BCUT2D eigenvalue weighted by atomic mass is 32.1. The van der Waals surface area contributed by atoms with Crippen molar-refractivity contribution in [3.63, 3.8) is 0 Å². The molecule has 1 N–H and O–H groups in total. The number of hydrogen-bond acceptors (Lipinski definition) is 5. The van der Waals surface area contributed by atoms with E-state index in [4.69, 9.17) is 0 Å². The summed E-state index contributed by atoms with van der Waals surface area (Å²) in [6.07, 6.45) is 1.28. The smallest absolute Gasteiger partial charge is 0.261 e. The number of nitrogens with one attached hydrogen (secondary N) is 1. The minimum absolute atomic E-state index is 0.0935. The van der Waals surface area contributed by atoms with Crippen molar-refractivity contribution in [3.8, 4) is 0 Å². The zero-order chi connectivity index (χ0) is 19.1. The Kier molecular flexibility index (Phi) is 4.66. The Morgan fingerprint density at radius 1 is 1.11 bits per heavy atom. The van der Waals surface area contributed by atoms with Crippen LogP contribution in [0, 0.1) is 0 Å². The third-order valence-electron chi connectivity index (χ3n) is 5.06. The molecule has 7 heteroatoms. The fraction of sp³-hybridized carbons (Fsp3) is 0.238. The Bertz CT molecular complexity index is 1190. The van der Waals surface area contributed by atoms with Crippen LogP contribution in [0.2, 0.25) is 0 Å². The number of amides is 2. The molecule has 1 aromatic carbocycles. The van der Waals surface area contributed by atoms with Crippen LogP contribution in [-0.4, -0.2) is 29.8 Å². The van der Waals surface area contributed by atoms with E-state index in [1.165, 1.54) is 36.6 Å². The van der Waals surface area contributed by atoms with Gasteiger partial charge in [-0.1, -0.05) is 18.2 Å². The van der Waals surface area contributed by atoms with Gasteiger partial charge in [0.15, 0.2) is 0 Å². The number of benzene rings is 1. The molecule has 4 nitrogen and oxygen atoms in total. The van der Waals surface area contributed by atoms with Crippen LogP contribution in [0.15, 0.2) is 41.8 Å². The quantitative estimate of drug-likeness (QED) is 0.505. The summed E-state index contributed by atoms with van der Waals surface area (Å²) in [6.45, 7) is 1.84. The fourth-order valence-electron chi connectivity index (χ4n) is 3.60. The van der Waals surface area contributed by atoms with Crippen LogP contribution >= 0.6 is 34.0 Å². The number of rotatable bonds is 4. The second-order valence-corrected chi connectivity index (χ2v) is 9.98. The van der Waals surface area contributed by atoms with E-state index >= 15 is 0 Å². The van der Waals surface area contributed by atoms with Crippen molar-refractivity contribution in [2.45, 2.75) is 19.4 Å². The average molecular weight is 427 g/mol. The third kappa shape index (κ3) is 3.23. The van der Waals surface area contributed by atoms with Crippen molar-refractivity contribution in [2.24, 2.45) is 0 Å². The molecule has 0 radical (unpaired) electrons. The number of nitrogens with zero attached hydrogens (tertiary/aromatic N) is 1. The van der Waals surface area contributed by atoms with E-state index in [2.05, 4.69) is 28.9 Å².